The van der Waals surface area contributed by atoms with Crippen LogP contribution in [-0.4, -0.2) is 31.5 Å². The summed E-state index contributed by atoms with van der Waals surface area (Å²) in [6.07, 6.45) is 1.55. The minimum Gasteiger partial charge on any atom is -0.386 e. The van der Waals surface area contributed by atoms with Gasteiger partial charge in [-0.05, 0) is 29.9 Å². The molecule has 1 aliphatic heterocycles. The van der Waals surface area contributed by atoms with Crippen LogP contribution in [-0.2, 0) is 16.0 Å². The number of nitrogens with two attached hydrogens (primary N) is 1. The van der Waals surface area contributed by atoms with Crippen molar-refractivity contribution < 1.29 is 14.6 Å². The molecule has 1 atom stereocenters. The normalized spacial score (nSPS) is 18.4. The van der Waals surface area contributed by atoms with E-state index < -0.39 is 6.10 Å². The zero-order chi connectivity index (χ0) is 13.5. The first kappa shape index (κ1) is 14.5. The molecule has 1 fully saturated rings. The maximum absolute atomic E-state index is 10.0. The highest BCUT2D eigenvalue weighted by molar-refractivity contribution is 5.23. The van der Waals surface area contributed by atoms with Gasteiger partial charge in [0.05, 0.1) is 6.61 Å². The number of hydrogen-bond donors (Lipinski definition) is 2. The van der Waals surface area contributed by atoms with Crippen molar-refractivity contribution >= 4 is 0 Å². The SMILES string of the molecule is NCc1ccc(C(O)COCC2CCOCC2)cc1. The second kappa shape index (κ2) is 7.60. The van der Waals surface area contributed by atoms with Crippen LogP contribution in [0.1, 0.15) is 30.1 Å². The topological polar surface area (TPSA) is 64.7 Å². The second-order valence-electron chi connectivity index (χ2n) is 5.05. The molecule has 0 aliphatic carbocycles. The summed E-state index contributed by atoms with van der Waals surface area (Å²) in [6, 6.07) is 7.70. The van der Waals surface area contributed by atoms with E-state index in [9.17, 15) is 5.11 Å². The van der Waals surface area contributed by atoms with Crippen molar-refractivity contribution in [3.05, 3.63) is 35.4 Å². The van der Waals surface area contributed by atoms with Crippen LogP contribution in [0.5, 0.6) is 0 Å². The van der Waals surface area contributed by atoms with Crippen molar-refractivity contribution in [3.63, 3.8) is 0 Å². The standard InChI is InChI=1S/C15H23NO3/c16-9-12-1-3-14(4-2-12)15(17)11-19-10-13-5-7-18-8-6-13/h1-4,13,15,17H,5-11,16H2. The summed E-state index contributed by atoms with van der Waals surface area (Å²) < 4.78 is 10.9. The summed E-state index contributed by atoms with van der Waals surface area (Å²) in [5, 5.41) is 10.0. The third-order valence-electron chi connectivity index (χ3n) is 3.57. The maximum Gasteiger partial charge on any atom is 0.102 e. The van der Waals surface area contributed by atoms with Crippen LogP contribution in [0.2, 0.25) is 0 Å². The summed E-state index contributed by atoms with van der Waals surface area (Å²) >= 11 is 0. The number of hydrogen-bond acceptors (Lipinski definition) is 4. The maximum atomic E-state index is 10.0. The van der Waals surface area contributed by atoms with E-state index in [2.05, 4.69) is 0 Å². The van der Waals surface area contributed by atoms with Gasteiger partial charge in [0.15, 0.2) is 0 Å². The Hall–Kier alpha value is -0.940. The molecule has 4 nitrogen and oxygen atoms in total. The third-order valence-corrected chi connectivity index (χ3v) is 3.57. The van der Waals surface area contributed by atoms with Crippen LogP contribution in [0.3, 0.4) is 0 Å². The predicted molar refractivity (Wildman–Crippen MR) is 73.7 cm³/mol. The average molecular weight is 265 g/mol. The molecular formula is C15H23NO3. The van der Waals surface area contributed by atoms with Gasteiger partial charge in [0, 0.05) is 26.4 Å². The molecule has 1 aromatic rings. The van der Waals surface area contributed by atoms with Crippen molar-refractivity contribution in [1.82, 2.24) is 0 Å². The molecule has 2 rings (SSSR count). The summed E-state index contributed by atoms with van der Waals surface area (Å²) in [5.74, 6) is 0.570. The summed E-state index contributed by atoms with van der Waals surface area (Å²) in [7, 11) is 0. The Morgan fingerprint density at radius 1 is 1.26 bits per heavy atom. The highest BCUT2D eigenvalue weighted by Crippen LogP contribution is 2.17. The van der Waals surface area contributed by atoms with Crippen LogP contribution < -0.4 is 5.73 Å². The second-order valence-corrected chi connectivity index (χ2v) is 5.05. The van der Waals surface area contributed by atoms with E-state index in [-0.39, 0.29) is 0 Å². The molecule has 1 aliphatic rings. The van der Waals surface area contributed by atoms with Crippen molar-refractivity contribution in [2.24, 2.45) is 11.7 Å². The van der Waals surface area contributed by atoms with Crippen molar-refractivity contribution in [1.29, 1.82) is 0 Å². The fourth-order valence-corrected chi connectivity index (χ4v) is 2.23. The molecule has 19 heavy (non-hydrogen) atoms. The van der Waals surface area contributed by atoms with Gasteiger partial charge in [-0.3, -0.25) is 0 Å². The lowest BCUT2D eigenvalue weighted by Crippen LogP contribution is -2.21. The molecule has 1 saturated heterocycles. The molecule has 0 bridgehead atoms. The quantitative estimate of drug-likeness (QED) is 0.820. The van der Waals surface area contributed by atoms with Crippen LogP contribution >= 0.6 is 0 Å². The van der Waals surface area contributed by atoms with Crippen LogP contribution in [0.25, 0.3) is 0 Å². The zero-order valence-electron chi connectivity index (χ0n) is 11.3. The fourth-order valence-electron chi connectivity index (χ4n) is 2.23. The molecule has 0 amide bonds. The van der Waals surface area contributed by atoms with Gasteiger partial charge >= 0.3 is 0 Å². The lowest BCUT2D eigenvalue weighted by atomic mass is 10.0. The van der Waals surface area contributed by atoms with Crippen LogP contribution in [0.15, 0.2) is 24.3 Å². The van der Waals surface area contributed by atoms with E-state index >= 15 is 0 Å². The number of aliphatic hydroxyl groups excluding tert-OH is 1. The largest absolute Gasteiger partial charge is 0.386 e. The Bertz CT molecular complexity index is 360. The van der Waals surface area contributed by atoms with Gasteiger partial charge in [-0.15, -0.1) is 0 Å². The Balaban J connectivity index is 1.72. The highest BCUT2D eigenvalue weighted by atomic mass is 16.5. The highest BCUT2D eigenvalue weighted by Gasteiger charge is 2.15. The number of benzene rings is 1. The number of aliphatic hydroxyl groups is 1. The molecule has 0 saturated carbocycles. The average Bonchev–Trinajstić information content (AvgIpc) is 2.48. The first-order chi connectivity index (χ1) is 9.29. The number of rotatable bonds is 6. The summed E-state index contributed by atoms with van der Waals surface area (Å²) in [5.41, 5.74) is 7.49. The van der Waals surface area contributed by atoms with E-state index in [4.69, 9.17) is 15.2 Å². The molecule has 0 radical (unpaired) electrons. The molecule has 0 spiro atoms. The lowest BCUT2D eigenvalue weighted by molar-refractivity contribution is -0.00966. The Kier molecular flexibility index (Phi) is 5.79. The first-order valence-corrected chi connectivity index (χ1v) is 6.92. The Morgan fingerprint density at radius 3 is 2.58 bits per heavy atom. The predicted octanol–water partition coefficient (Wildman–Crippen LogP) is 1.62. The zero-order valence-corrected chi connectivity index (χ0v) is 11.3. The smallest absolute Gasteiger partial charge is 0.102 e. The van der Waals surface area contributed by atoms with E-state index in [0.717, 1.165) is 37.2 Å². The van der Waals surface area contributed by atoms with Gasteiger partial charge < -0.3 is 20.3 Å². The Morgan fingerprint density at radius 2 is 1.95 bits per heavy atom. The van der Waals surface area contributed by atoms with Gasteiger partial charge in [0.2, 0.25) is 0 Å². The molecular weight excluding hydrogens is 242 g/mol. The van der Waals surface area contributed by atoms with E-state index in [1.807, 2.05) is 24.3 Å². The molecule has 1 unspecified atom stereocenters. The minimum absolute atomic E-state index is 0.347. The van der Waals surface area contributed by atoms with Crippen molar-refractivity contribution in [2.45, 2.75) is 25.5 Å². The minimum atomic E-state index is -0.563. The summed E-state index contributed by atoms with van der Waals surface area (Å²) in [6.45, 7) is 3.24. The molecule has 3 N–H and O–H groups in total. The molecule has 106 valence electrons. The molecule has 4 heteroatoms. The van der Waals surface area contributed by atoms with E-state index in [1.54, 1.807) is 0 Å². The first-order valence-electron chi connectivity index (χ1n) is 6.92. The van der Waals surface area contributed by atoms with Gasteiger partial charge in [-0.1, -0.05) is 24.3 Å². The van der Waals surface area contributed by atoms with Gasteiger partial charge in [-0.2, -0.15) is 0 Å². The van der Waals surface area contributed by atoms with Crippen molar-refractivity contribution in [2.75, 3.05) is 26.4 Å². The molecule has 1 aromatic carbocycles. The van der Waals surface area contributed by atoms with Crippen LogP contribution in [0.4, 0.5) is 0 Å². The Labute approximate surface area is 114 Å². The van der Waals surface area contributed by atoms with Gasteiger partial charge in [-0.25, -0.2) is 0 Å². The molecule has 0 aromatic heterocycles. The van der Waals surface area contributed by atoms with Gasteiger partial charge in [0.25, 0.3) is 0 Å². The summed E-state index contributed by atoms with van der Waals surface area (Å²) in [4.78, 5) is 0. The van der Waals surface area contributed by atoms with Gasteiger partial charge in [0.1, 0.15) is 6.10 Å². The monoisotopic (exact) mass is 265 g/mol. The van der Waals surface area contributed by atoms with E-state index in [1.165, 1.54) is 0 Å². The number of ether oxygens (including phenoxy) is 2. The van der Waals surface area contributed by atoms with Crippen molar-refractivity contribution in [3.8, 4) is 0 Å². The van der Waals surface area contributed by atoms with Crippen LogP contribution in [0, 0.1) is 5.92 Å². The fraction of sp³-hybridized carbons (Fsp3) is 0.600. The molecule has 1 heterocycles. The van der Waals surface area contributed by atoms with E-state index in [0.29, 0.717) is 25.7 Å². The lowest BCUT2D eigenvalue weighted by Gasteiger charge is -2.22. The third kappa shape index (κ3) is 4.58.